The SMILES string of the molecule is CC1SCCN(C(=O)C2(C(N)=S)CCOCC2)C1C. The molecule has 0 bridgehead atoms. The van der Waals surface area contributed by atoms with Gasteiger partial charge in [-0.05, 0) is 19.8 Å². The Hall–Kier alpha value is -0.330. The fraction of sp³-hybridized carbons (Fsp3) is 0.846. The molecule has 0 aromatic heterocycles. The van der Waals surface area contributed by atoms with E-state index in [4.69, 9.17) is 22.7 Å². The van der Waals surface area contributed by atoms with Gasteiger partial charge in [0.2, 0.25) is 5.91 Å². The van der Waals surface area contributed by atoms with Crippen molar-refractivity contribution >= 4 is 34.9 Å². The molecule has 0 spiro atoms. The van der Waals surface area contributed by atoms with Crippen LogP contribution in [0.15, 0.2) is 0 Å². The topological polar surface area (TPSA) is 55.6 Å². The minimum absolute atomic E-state index is 0.114. The van der Waals surface area contributed by atoms with Crippen LogP contribution in [-0.2, 0) is 9.53 Å². The zero-order chi connectivity index (χ0) is 14.0. The van der Waals surface area contributed by atoms with Crippen molar-refractivity contribution in [2.75, 3.05) is 25.5 Å². The summed E-state index contributed by atoms with van der Waals surface area (Å²) in [6.45, 7) is 6.21. The number of nitrogens with zero attached hydrogens (tertiary/aromatic N) is 1. The number of carbonyl (C=O) groups is 1. The van der Waals surface area contributed by atoms with E-state index >= 15 is 0 Å². The smallest absolute Gasteiger partial charge is 0.236 e. The van der Waals surface area contributed by atoms with E-state index in [1.807, 2.05) is 16.7 Å². The number of hydrogen-bond donors (Lipinski definition) is 1. The molecule has 4 nitrogen and oxygen atoms in total. The average Bonchev–Trinajstić information content (AvgIpc) is 2.41. The molecule has 0 aromatic rings. The summed E-state index contributed by atoms with van der Waals surface area (Å²) in [5.74, 6) is 1.10. The van der Waals surface area contributed by atoms with Crippen LogP contribution >= 0.6 is 24.0 Å². The molecule has 108 valence electrons. The monoisotopic (exact) mass is 302 g/mol. The molecule has 2 N–H and O–H groups in total. The first-order chi connectivity index (χ1) is 8.99. The normalized spacial score (nSPS) is 30.9. The van der Waals surface area contributed by atoms with Crippen LogP contribution in [0.5, 0.6) is 0 Å². The maximum atomic E-state index is 13.0. The molecule has 2 heterocycles. The second-order valence-corrected chi connectivity index (χ2v) is 7.30. The number of amides is 1. The van der Waals surface area contributed by atoms with Gasteiger partial charge < -0.3 is 15.4 Å². The lowest BCUT2D eigenvalue weighted by Gasteiger charge is -2.44. The van der Waals surface area contributed by atoms with Crippen LogP contribution in [0.1, 0.15) is 26.7 Å². The molecule has 2 aliphatic heterocycles. The van der Waals surface area contributed by atoms with Crippen LogP contribution in [0, 0.1) is 5.41 Å². The van der Waals surface area contributed by atoms with Gasteiger partial charge in [-0.1, -0.05) is 19.1 Å². The number of ether oxygens (including phenoxy) is 1. The van der Waals surface area contributed by atoms with Crippen LogP contribution in [0.25, 0.3) is 0 Å². The zero-order valence-corrected chi connectivity index (χ0v) is 13.2. The molecule has 6 heteroatoms. The second kappa shape index (κ2) is 5.97. The first-order valence-corrected chi connectivity index (χ1v) is 8.25. The Morgan fingerprint density at radius 3 is 2.63 bits per heavy atom. The van der Waals surface area contributed by atoms with Crippen LogP contribution in [-0.4, -0.2) is 52.6 Å². The summed E-state index contributed by atoms with van der Waals surface area (Å²) in [4.78, 5) is 15.3. The van der Waals surface area contributed by atoms with Gasteiger partial charge in [-0.15, -0.1) is 0 Å². The fourth-order valence-corrected chi connectivity index (χ4v) is 4.17. The molecule has 0 saturated carbocycles. The lowest BCUT2D eigenvalue weighted by molar-refractivity contribution is -0.144. The van der Waals surface area contributed by atoms with Crippen molar-refractivity contribution in [3.63, 3.8) is 0 Å². The van der Waals surface area contributed by atoms with Crippen LogP contribution in [0.2, 0.25) is 0 Å². The summed E-state index contributed by atoms with van der Waals surface area (Å²) in [5.41, 5.74) is 5.24. The van der Waals surface area contributed by atoms with Crippen LogP contribution < -0.4 is 5.73 Å². The standard InChI is InChI=1S/C13H22N2O2S2/c1-9-10(2)19-8-5-15(9)12(16)13(11(14)18)3-6-17-7-4-13/h9-10H,3-8H2,1-2H3,(H2,14,18). The third kappa shape index (κ3) is 2.76. The fourth-order valence-electron chi connectivity index (χ4n) is 2.78. The van der Waals surface area contributed by atoms with Crippen molar-refractivity contribution in [3.05, 3.63) is 0 Å². The lowest BCUT2D eigenvalue weighted by atomic mass is 9.78. The average molecular weight is 302 g/mol. The molecular weight excluding hydrogens is 280 g/mol. The lowest BCUT2D eigenvalue weighted by Crippen LogP contribution is -2.58. The molecule has 0 aromatic carbocycles. The maximum Gasteiger partial charge on any atom is 0.236 e. The van der Waals surface area contributed by atoms with Gasteiger partial charge in [0, 0.05) is 36.8 Å². The highest BCUT2D eigenvalue weighted by Crippen LogP contribution is 2.36. The van der Waals surface area contributed by atoms with E-state index in [-0.39, 0.29) is 11.9 Å². The van der Waals surface area contributed by atoms with Crippen molar-refractivity contribution in [2.24, 2.45) is 11.1 Å². The Morgan fingerprint density at radius 1 is 1.42 bits per heavy atom. The Morgan fingerprint density at radius 2 is 2.05 bits per heavy atom. The van der Waals surface area contributed by atoms with E-state index in [0.717, 1.165) is 12.3 Å². The van der Waals surface area contributed by atoms with Gasteiger partial charge in [-0.3, -0.25) is 4.79 Å². The molecule has 2 atom stereocenters. The zero-order valence-electron chi connectivity index (χ0n) is 11.6. The molecular formula is C13H22N2O2S2. The highest BCUT2D eigenvalue weighted by molar-refractivity contribution is 8.00. The van der Waals surface area contributed by atoms with E-state index in [0.29, 0.717) is 36.3 Å². The van der Waals surface area contributed by atoms with Crippen molar-refractivity contribution in [2.45, 2.75) is 38.0 Å². The van der Waals surface area contributed by atoms with E-state index in [1.165, 1.54) is 0 Å². The summed E-state index contributed by atoms with van der Waals surface area (Å²) in [6, 6.07) is 0.236. The molecule has 2 saturated heterocycles. The van der Waals surface area contributed by atoms with Gasteiger partial charge in [-0.25, -0.2) is 0 Å². The van der Waals surface area contributed by atoms with Gasteiger partial charge in [0.25, 0.3) is 0 Å². The van der Waals surface area contributed by atoms with E-state index in [9.17, 15) is 4.79 Å². The number of hydrogen-bond acceptors (Lipinski definition) is 4. The largest absolute Gasteiger partial charge is 0.392 e. The van der Waals surface area contributed by atoms with E-state index < -0.39 is 5.41 Å². The van der Waals surface area contributed by atoms with Crippen molar-refractivity contribution in [1.29, 1.82) is 0 Å². The minimum Gasteiger partial charge on any atom is -0.392 e. The Balaban J connectivity index is 2.22. The van der Waals surface area contributed by atoms with Gasteiger partial charge in [0.05, 0.1) is 4.99 Å². The Bertz CT molecular complexity index is 370. The van der Waals surface area contributed by atoms with Gasteiger partial charge in [0.1, 0.15) is 5.41 Å². The van der Waals surface area contributed by atoms with Crippen molar-refractivity contribution in [1.82, 2.24) is 4.90 Å². The highest BCUT2D eigenvalue weighted by atomic mass is 32.2. The van der Waals surface area contributed by atoms with Crippen LogP contribution in [0.4, 0.5) is 0 Å². The summed E-state index contributed by atoms with van der Waals surface area (Å²) >= 11 is 7.13. The van der Waals surface area contributed by atoms with Crippen LogP contribution in [0.3, 0.4) is 0 Å². The molecule has 0 aliphatic carbocycles. The molecule has 2 aliphatic rings. The summed E-state index contributed by atoms with van der Waals surface area (Å²) < 4.78 is 5.37. The first-order valence-electron chi connectivity index (χ1n) is 6.79. The predicted molar refractivity (Wildman–Crippen MR) is 82.4 cm³/mol. The van der Waals surface area contributed by atoms with Crippen molar-refractivity contribution in [3.8, 4) is 0 Å². The minimum atomic E-state index is -0.677. The summed E-state index contributed by atoms with van der Waals surface area (Å²) in [7, 11) is 0. The number of thioether (sulfide) groups is 1. The Labute approximate surface area is 124 Å². The quantitative estimate of drug-likeness (QED) is 0.782. The van der Waals surface area contributed by atoms with Gasteiger partial charge >= 0.3 is 0 Å². The number of thiocarbonyl (C=S) groups is 1. The third-order valence-electron chi connectivity index (χ3n) is 4.37. The van der Waals surface area contributed by atoms with Crippen molar-refractivity contribution < 1.29 is 9.53 Å². The second-order valence-electron chi connectivity index (χ2n) is 5.37. The summed E-state index contributed by atoms with van der Waals surface area (Å²) in [5, 5.41) is 0.459. The first kappa shape index (κ1) is 15.1. The molecule has 1 amide bonds. The predicted octanol–water partition coefficient (Wildman–Crippen LogP) is 1.42. The molecule has 2 rings (SSSR count). The van der Waals surface area contributed by atoms with Gasteiger partial charge in [0.15, 0.2) is 0 Å². The molecule has 2 fully saturated rings. The highest BCUT2D eigenvalue weighted by Gasteiger charge is 2.47. The molecule has 2 unspecified atom stereocenters. The summed E-state index contributed by atoms with van der Waals surface area (Å²) in [6.07, 6.45) is 1.23. The van der Waals surface area contributed by atoms with E-state index in [1.54, 1.807) is 0 Å². The molecule has 0 radical (unpaired) electrons. The van der Waals surface area contributed by atoms with Gasteiger partial charge in [-0.2, -0.15) is 11.8 Å². The third-order valence-corrected chi connectivity index (χ3v) is 6.10. The molecule has 19 heavy (non-hydrogen) atoms. The van der Waals surface area contributed by atoms with E-state index in [2.05, 4.69) is 13.8 Å². The number of nitrogens with two attached hydrogens (primary N) is 1. The maximum absolute atomic E-state index is 13.0. The number of rotatable bonds is 2. The number of carbonyl (C=O) groups excluding carboxylic acids is 1. The Kier molecular flexibility index (Phi) is 4.74.